The van der Waals surface area contributed by atoms with Crippen molar-refractivity contribution in [3.63, 3.8) is 0 Å². The third-order valence-electron chi connectivity index (χ3n) is 5.88. The smallest absolute Gasteiger partial charge is 0.191 e. The van der Waals surface area contributed by atoms with Crippen LogP contribution in [0.4, 0.5) is 0 Å². The standard InChI is InChI=1S/C22H35N7O/c1-5-20-27-26-16-29(20)14-12-24-22(23-2)25-15-18-7-6-13-28(3)21(18)17-8-10-19(30-4)11-9-17/h8-11,16,18,21H,5-7,12-15H2,1-4H3,(H2,23,24,25). The van der Waals surface area contributed by atoms with Gasteiger partial charge in [-0.05, 0) is 50.0 Å². The summed E-state index contributed by atoms with van der Waals surface area (Å²) in [5, 5.41) is 15.1. The second-order valence-electron chi connectivity index (χ2n) is 7.77. The van der Waals surface area contributed by atoms with Gasteiger partial charge in [0, 0.05) is 39.1 Å². The lowest BCUT2D eigenvalue weighted by molar-refractivity contribution is 0.122. The van der Waals surface area contributed by atoms with Crippen LogP contribution in [-0.2, 0) is 13.0 Å². The molecule has 1 fully saturated rings. The maximum absolute atomic E-state index is 5.32. The third-order valence-corrected chi connectivity index (χ3v) is 5.88. The number of benzene rings is 1. The molecule has 30 heavy (non-hydrogen) atoms. The molecule has 2 heterocycles. The number of hydrogen-bond acceptors (Lipinski definition) is 5. The molecule has 8 nitrogen and oxygen atoms in total. The quantitative estimate of drug-likeness (QED) is 0.510. The fourth-order valence-corrected chi connectivity index (χ4v) is 4.28. The normalized spacial score (nSPS) is 20.2. The van der Waals surface area contributed by atoms with Crippen LogP contribution < -0.4 is 15.4 Å². The number of hydrogen-bond donors (Lipinski definition) is 2. The molecule has 0 saturated carbocycles. The first-order valence-electron chi connectivity index (χ1n) is 10.8. The van der Waals surface area contributed by atoms with Gasteiger partial charge in [0.2, 0.25) is 0 Å². The zero-order valence-electron chi connectivity index (χ0n) is 18.6. The summed E-state index contributed by atoms with van der Waals surface area (Å²) in [5.41, 5.74) is 1.34. The first kappa shape index (κ1) is 22.1. The SMILES string of the molecule is CCc1nncn1CCNC(=NC)NCC1CCCN(C)C1c1ccc(OC)cc1. The number of rotatable bonds is 8. The Morgan fingerprint density at radius 1 is 1.27 bits per heavy atom. The molecule has 2 atom stereocenters. The van der Waals surface area contributed by atoms with Crippen LogP contribution in [0.2, 0.25) is 0 Å². The van der Waals surface area contributed by atoms with Crippen molar-refractivity contribution >= 4 is 5.96 Å². The van der Waals surface area contributed by atoms with E-state index in [0.29, 0.717) is 12.0 Å². The number of aromatic nitrogens is 3. The van der Waals surface area contributed by atoms with Crippen molar-refractivity contribution in [3.05, 3.63) is 42.0 Å². The molecule has 0 radical (unpaired) electrons. The Kier molecular flexibility index (Phi) is 8.07. The fraction of sp³-hybridized carbons (Fsp3) is 0.591. The molecule has 3 rings (SSSR count). The highest BCUT2D eigenvalue weighted by molar-refractivity contribution is 5.79. The summed E-state index contributed by atoms with van der Waals surface area (Å²) in [6.07, 6.45) is 5.09. The first-order valence-corrected chi connectivity index (χ1v) is 10.8. The summed E-state index contributed by atoms with van der Waals surface area (Å²) in [6, 6.07) is 8.88. The van der Waals surface area contributed by atoms with Crippen LogP contribution in [0.25, 0.3) is 0 Å². The van der Waals surface area contributed by atoms with Gasteiger partial charge in [-0.15, -0.1) is 10.2 Å². The van der Waals surface area contributed by atoms with Gasteiger partial charge < -0.3 is 19.9 Å². The number of guanidine groups is 1. The zero-order chi connectivity index (χ0) is 21.3. The summed E-state index contributed by atoms with van der Waals surface area (Å²) in [7, 11) is 5.75. The molecule has 1 aromatic carbocycles. The Morgan fingerprint density at radius 2 is 2.07 bits per heavy atom. The highest BCUT2D eigenvalue weighted by Gasteiger charge is 2.30. The second kappa shape index (κ2) is 11.0. The summed E-state index contributed by atoms with van der Waals surface area (Å²) in [5.74, 6) is 3.26. The lowest BCUT2D eigenvalue weighted by Gasteiger charge is -2.40. The summed E-state index contributed by atoms with van der Waals surface area (Å²) < 4.78 is 7.40. The van der Waals surface area contributed by atoms with E-state index in [1.165, 1.54) is 18.4 Å². The van der Waals surface area contributed by atoms with Crippen molar-refractivity contribution in [2.75, 3.05) is 40.8 Å². The van der Waals surface area contributed by atoms with Crippen molar-refractivity contribution in [2.45, 2.75) is 38.8 Å². The number of ether oxygens (including phenoxy) is 1. The van der Waals surface area contributed by atoms with E-state index in [1.807, 2.05) is 7.05 Å². The molecule has 1 aliphatic heterocycles. The molecule has 2 aromatic rings. The van der Waals surface area contributed by atoms with Crippen LogP contribution in [0, 0.1) is 5.92 Å². The van der Waals surface area contributed by atoms with Crippen molar-refractivity contribution in [2.24, 2.45) is 10.9 Å². The van der Waals surface area contributed by atoms with Crippen molar-refractivity contribution in [1.29, 1.82) is 0 Å². The average Bonchev–Trinajstić information content (AvgIpc) is 3.23. The van der Waals surface area contributed by atoms with Gasteiger partial charge in [-0.3, -0.25) is 9.89 Å². The van der Waals surface area contributed by atoms with E-state index in [1.54, 1.807) is 13.4 Å². The van der Waals surface area contributed by atoms with E-state index in [2.05, 4.69) is 73.5 Å². The van der Waals surface area contributed by atoms with E-state index < -0.39 is 0 Å². The first-order chi connectivity index (χ1) is 14.7. The number of likely N-dealkylation sites (tertiary alicyclic amines) is 1. The Balaban J connectivity index is 1.55. The molecule has 0 aliphatic carbocycles. The monoisotopic (exact) mass is 413 g/mol. The highest BCUT2D eigenvalue weighted by Crippen LogP contribution is 2.35. The maximum Gasteiger partial charge on any atom is 0.191 e. The van der Waals surface area contributed by atoms with Crippen molar-refractivity contribution in [3.8, 4) is 5.75 Å². The number of nitrogens with zero attached hydrogens (tertiary/aromatic N) is 5. The van der Waals surface area contributed by atoms with Gasteiger partial charge in [-0.2, -0.15) is 0 Å². The van der Waals surface area contributed by atoms with Crippen LogP contribution in [0.15, 0.2) is 35.6 Å². The maximum atomic E-state index is 5.32. The van der Waals surface area contributed by atoms with Crippen molar-refractivity contribution < 1.29 is 4.74 Å². The molecule has 0 bridgehead atoms. The molecule has 1 aliphatic rings. The van der Waals surface area contributed by atoms with Gasteiger partial charge in [0.05, 0.1) is 7.11 Å². The predicted molar refractivity (Wildman–Crippen MR) is 120 cm³/mol. The molecule has 0 amide bonds. The summed E-state index contributed by atoms with van der Waals surface area (Å²) in [6.45, 7) is 5.69. The molecule has 0 spiro atoms. The van der Waals surface area contributed by atoms with Gasteiger partial charge in [-0.1, -0.05) is 19.1 Å². The van der Waals surface area contributed by atoms with Crippen LogP contribution >= 0.6 is 0 Å². The third kappa shape index (κ3) is 5.50. The van der Waals surface area contributed by atoms with E-state index in [0.717, 1.165) is 50.1 Å². The number of aliphatic imine (C=N–C) groups is 1. The molecule has 1 aromatic heterocycles. The lowest BCUT2D eigenvalue weighted by Crippen LogP contribution is -2.45. The van der Waals surface area contributed by atoms with Gasteiger partial charge in [0.15, 0.2) is 5.96 Å². The van der Waals surface area contributed by atoms with Crippen LogP contribution in [-0.4, -0.2) is 66.5 Å². The molecule has 1 saturated heterocycles. The van der Waals surface area contributed by atoms with Gasteiger partial charge in [0.25, 0.3) is 0 Å². The minimum absolute atomic E-state index is 0.388. The zero-order valence-corrected chi connectivity index (χ0v) is 18.6. The number of nitrogens with one attached hydrogen (secondary N) is 2. The van der Waals surface area contributed by atoms with Crippen LogP contribution in [0.1, 0.15) is 37.2 Å². The Hall–Kier alpha value is -2.61. The highest BCUT2D eigenvalue weighted by atomic mass is 16.5. The van der Waals surface area contributed by atoms with E-state index in [9.17, 15) is 0 Å². The molecular formula is C22H35N7O. The van der Waals surface area contributed by atoms with E-state index in [-0.39, 0.29) is 0 Å². The summed E-state index contributed by atoms with van der Waals surface area (Å²) in [4.78, 5) is 6.86. The van der Waals surface area contributed by atoms with Crippen LogP contribution in [0.5, 0.6) is 5.75 Å². The minimum Gasteiger partial charge on any atom is -0.497 e. The largest absolute Gasteiger partial charge is 0.497 e. The van der Waals surface area contributed by atoms with Gasteiger partial charge in [0.1, 0.15) is 17.9 Å². The second-order valence-corrected chi connectivity index (χ2v) is 7.77. The molecular weight excluding hydrogens is 378 g/mol. The van der Waals surface area contributed by atoms with Gasteiger partial charge >= 0.3 is 0 Å². The van der Waals surface area contributed by atoms with E-state index >= 15 is 0 Å². The number of piperidine rings is 1. The molecule has 2 N–H and O–H groups in total. The molecule has 164 valence electrons. The van der Waals surface area contributed by atoms with E-state index in [4.69, 9.17) is 4.74 Å². The topological polar surface area (TPSA) is 79.6 Å². The predicted octanol–water partition coefficient (Wildman–Crippen LogP) is 2.10. The Labute approximate surface area is 179 Å². The van der Waals surface area contributed by atoms with Gasteiger partial charge in [-0.25, -0.2) is 0 Å². The Bertz CT molecular complexity index is 802. The minimum atomic E-state index is 0.388. The van der Waals surface area contributed by atoms with Crippen molar-refractivity contribution in [1.82, 2.24) is 30.3 Å². The lowest BCUT2D eigenvalue weighted by atomic mass is 9.85. The Morgan fingerprint density at radius 3 is 2.77 bits per heavy atom. The molecule has 8 heteroatoms. The van der Waals surface area contributed by atoms with Crippen LogP contribution in [0.3, 0.4) is 0 Å². The number of methoxy groups -OCH3 is 1. The number of aryl methyl sites for hydroxylation is 1. The average molecular weight is 414 g/mol. The fourth-order valence-electron chi connectivity index (χ4n) is 4.28. The molecule has 2 unspecified atom stereocenters. The summed E-state index contributed by atoms with van der Waals surface area (Å²) >= 11 is 0.